The minimum absolute atomic E-state index is 0.330. The van der Waals surface area contributed by atoms with Crippen LogP contribution in [0.5, 0.6) is 11.5 Å². The number of hydrogen-bond acceptors (Lipinski definition) is 3. The fourth-order valence-corrected chi connectivity index (χ4v) is 5.83. The summed E-state index contributed by atoms with van der Waals surface area (Å²) in [6, 6.07) is 33.5. The highest BCUT2D eigenvalue weighted by Gasteiger charge is 2.17. The smallest absolute Gasteiger partial charge is 0.140 e. The van der Waals surface area contributed by atoms with Crippen molar-refractivity contribution in [2.45, 2.75) is 27.2 Å². The summed E-state index contributed by atoms with van der Waals surface area (Å²) in [6.07, 6.45) is 2.43. The molecule has 5 nitrogen and oxygen atoms in total. The molecular formula is C36H29FN4O. The van der Waals surface area contributed by atoms with Crippen molar-refractivity contribution >= 4 is 21.8 Å². The van der Waals surface area contributed by atoms with E-state index in [4.69, 9.17) is 9.84 Å². The number of nitrogens with zero attached hydrogens (tertiary/aromatic N) is 4. The zero-order valence-electron chi connectivity index (χ0n) is 23.7. The third-order valence-electron chi connectivity index (χ3n) is 7.80. The molecule has 0 aliphatic carbocycles. The van der Waals surface area contributed by atoms with Crippen LogP contribution >= 0.6 is 0 Å². The lowest BCUT2D eigenvalue weighted by Crippen LogP contribution is -2.00. The van der Waals surface area contributed by atoms with Crippen molar-refractivity contribution in [3.05, 3.63) is 132 Å². The Balaban J connectivity index is 1.30. The van der Waals surface area contributed by atoms with E-state index in [1.54, 1.807) is 0 Å². The Morgan fingerprint density at radius 3 is 2.40 bits per heavy atom. The lowest BCUT2D eigenvalue weighted by molar-refractivity contribution is 0.482. The van der Waals surface area contributed by atoms with Crippen LogP contribution in [0.3, 0.4) is 0 Å². The SMILES string of the molecule is CCc1ccc2c(c1)c1ccc(Oc3cccc(-n4nc(C)c(-c5ccccc5)c4C)c3)cc1n2-c1cc(F)ccn1. The summed E-state index contributed by atoms with van der Waals surface area (Å²) in [5.74, 6) is 1.57. The molecule has 206 valence electrons. The summed E-state index contributed by atoms with van der Waals surface area (Å²) >= 11 is 0. The molecule has 0 N–H and O–H groups in total. The van der Waals surface area contributed by atoms with Crippen molar-refractivity contribution in [3.63, 3.8) is 0 Å². The second-order valence-corrected chi connectivity index (χ2v) is 10.5. The number of aryl methyl sites for hydroxylation is 2. The zero-order valence-corrected chi connectivity index (χ0v) is 23.7. The number of halogens is 1. The van der Waals surface area contributed by atoms with Crippen molar-refractivity contribution in [1.82, 2.24) is 19.3 Å². The monoisotopic (exact) mass is 552 g/mol. The van der Waals surface area contributed by atoms with Gasteiger partial charge >= 0.3 is 0 Å². The van der Waals surface area contributed by atoms with Gasteiger partial charge in [0.25, 0.3) is 0 Å². The fraction of sp³-hybridized carbons (Fsp3) is 0.111. The van der Waals surface area contributed by atoms with E-state index < -0.39 is 0 Å². The molecule has 0 unspecified atom stereocenters. The van der Waals surface area contributed by atoms with Gasteiger partial charge in [0.2, 0.25) is 0 Å². The topological polar surface area (TPSA) is 44.9 Å². The lowest BCUT2D eigenvalue weighted by atomic mass is 10.0. The van der Waals surface area contributed by atoms with Crippen LogP contribution in [-0.4, -0.2) is 19.3 Å². The van der Waals surface area contributed by atoms with E-state index in [1.807, 2.05) is 70.8 Å². The second kappa shape index (κ2) is 10.3. The van der Waals surface area contributed by atoms with Crippen LogP contribution in [0.4, 0.5) is 4.39 Å². The Kier molecular flexibility index (Phi) is 6.31. The third kappa shape index (κ3) is 4.41. The van der Waals surface area contributed by atoms with Gasteiger partial charge in [-0.05, 0) is 73.9 Å². The molecule has 3 aromatic heterocycles. The van der Waals surface area contributed by atoms with Crippen molar-refractivity contribution in [2.75, 3.05) is 0 Å². The predicted octanol–water partition coefficient (Wildman–Crippen LogP) is 9.14. The second-order valence-electron chi connectivity index (χ2n) is 10.5. The highest BCUT2D eigenvalue weighted by atomic mass is 19.1. The van der Waals surface area contributed by atoms with Gasteiger partial charge in [-0.25, -0.2) is 14.1 Å². The third-order valence-corrected chi connectivity index (χ3v) is 7.80. The largest absolute Gasteiger partial charge is 0.457 e. The molecule has 0 atom stereocenters. The molecule has 3 heterocycles. The van der Waals surface area contributed by atoms with Gasteiger partial charge in [-0.3, -0.25) is 4.57 Å². The average molecular weight is 553 g/mol. The first-order chi connectivity index (χ1) is 20.5. The van der Waals surface area contributed by atoms with Gasteiger partial charge in [-0.15, -0.1) is 0 Å². The Morgan fingerprint density at radius 1 is 0.762 bits per heavy atom. The molecule has 0 spiro atoms. The maximum absolute atomic E-state index is 14.3. The number of rotatable bonds is 6. The van der Waals surface area contributed by atoms with Crippen molar-refractivity contribution in [2.24, 2.45) is 0 Å². The highest BCUT2D eigenvalue weighted by molar-refractivity contribution is 6.09. The summed E-state index contributed by atoms with van der Waals surface area (Å²) < 4.78 is 24.7. The Bertz CT molecular complexity index is 2090. The standard InChI is InChI=1S/C36H29FN4O/c1-4-25-13-16-33-32(19-25)31-15-14-30(22-34(31)40(33)35-20-27(37)17-18-38-35)42-29-12-8-11-28(21-29)41-24(3)36(23(2)39-41)26-9-6-5-7-10-26/h5-22H,4H2,1-3H3. The van der Waals surface area contributed by atoms with E-state index in [0.717, 1.165) is 56.4 Å². The Labute approximate surface area is 243 Å². The number of ether oxygens (including phenoxy) is 1. The number of pyridine rings is 1. The number of hydrogen-bond donors (Lipinski definition) is 0. The number of benzene rings is 4. The van der Waals surface area contributed by atoms with E-state index in [9.17, 15) is 4.39 Å². The van der Waals surface area contributed by atoms with Crippen LogP contribution < -0.4 is 4.74 Å². The maximum Gasteiger partial charge on any atom is 0.140 e. The van der Waals surface area contributed by atoms with Gasteiger partial charge in [-0.2, -0.15) is 5.10 Å². The quantitative estimate of drug-likeness (QED) is 0.207. The van der Waals surface area contributed by atoms with Crippen LogP contribution in [0.25, 0.3) is 44.4 Å². The van der Waals surface area contributed by atoms with E-state index in [1.165, 1.54) is 23.9 Å². The van der Waals surface area contributed by atoms with Crippen LogP contribution in [-0.2, 0) is 6.42 Å². The summed E-state index contributed by atoms with van der Waals surface area (Å²) in [4.78, 5) is 4.50. The van der Waals surface area contributed by atoms with E-state index in [-0.39, 0.29) is 5.82 Å². The van der Waals surface area contributed by atoms with Crippen LogP contribution in [0.1, 0.15) is 23.9 Å². The number of aromatic nitrogens is 4. The molecule has 42 heavy (non-hydrogen) atoms. The fourth-order valence-electron chi connectivity index (χ4n) is 5.83. The van der Waals surface area contributed by atoms with Crippen LogP contribution in [0.2, 0.25) is 0 Å². The minimum atomic E-state index is -0.330. The van der Waals surface area contributed by atoms with E-state index >= 15 is 0 Å². The zero-order chi connectivity index (χ0) is 28.8. The molecular weight excluding hydrogens is 523 g/mol. The molecule has 7 rings (SSSR count). The first-order valence-electron chi connectivity index (χ1n) is 14.1. The normalized spacial score (nSPS) is 11.4. The predicted molar refractivity (Wildman–Crippen MR) is 166 cm³/mol. The lowest BCUT2D eigenvalue weighted by Gasteiger charge is -2.11. The van der Waals surface area contributed by atoms with Crippen molar-refractivity contribution in [3.8, 4) is 34.1 Å². The van der Waals surface area contributed by atoms with Crippen molar-refractivity contribution in [1.29, 1.82) is 0 Å². The minimum Gasteiger partial charge on any atom is -0.457 e. The van der Waals surface area contributed by atoms with E-state index in [2.05, 4.69) is 55.2 Å². The van der Waals surface area contributed by atoms with Crippen molar-refractivity contribution < 1.29 is 9.13 Å². The molecule has 0 aliphatic rings. The van der Waals surface area contributed by atoms with Gasteiger partial charge in [-0.1, -0.05) is 49.4 Å². The average Bonchev–Trinajstić information content (AvgIpc) is 3.49. The molecule has 4 aromatic carbocycles. The molecule has 0 amide bonds. The molecule has 7 aromatic rings. The maximum atomic E-state index is 14.3. The summed E-state index contributed by atoms with van der Waals surface area (Å²) in [5, 5.41) is 7.02. The van der Waals surface area contributed by atoms with Gasteiger partial charge in [0.1, 0.15) is 23.1 Å². The summed E-state index contributed by atoms with van der Waals surface area (Å²) in [5.41, 5.74) is 8.35. The van der Waals surface area contributed by atoms with E-state index in [0.29, 0.717) is 17.3 Å². The molecule has 0 aliphatic heterocycles. The molecule has 0 bridgehead atoms. The molecule has 0 saturated carbocycles. The van der Waals surface area contributed by atoms with Gasteiger partial charge in [0, 0.05) is 46.4 Å². The molecule has 0 fully saturated rings. The van der Waals surface area contributed by atoms with Crippen LogP contribution in [0.15, 0.2) is 109 Å². The Morgan fingerprint density at radius 2 is 1.60 bits per heavy atom. The van der Waals surface area contributed by atoms with Gasteiger partial charge in [0.15, 0.2) is 0 Å². The highest BCUT2D eigenvalue weighted by Crippen LogP contribution is 2.36. The first-order valence-corrected chi connectivity index (χ1v) is 14.1. The molecule has 6 heteroatoms. The van der Waals surface area contributed by atoms with Gasteiger partial charge < -0.3 is 4.74 Å². The summed E-state index contributed by atoms with van der Waals surface area (Å²) in [7, 11) is 0. The van der Waals surface area contributed by atoms with Crippen LogP contribution in [0, 0.1) is 19.7 Å². The first kappa shape index (κ1) is 25.7. The number of fused-ring (bicyclic) bond motifs is 3. The summed E-state index contributed by atoms with van der Waals surface area (Å²) in [6.45, 7) is 6.27. The molecule has 0 saturated heterocycles. The Hall–Kier alpha value is -5.23. The molecule has 0 radical (unpaired) electrons. The van der Waals surface area contributed by atoms with Gasteiger partial charge in [0.05, 0.1) is 22.4 Å².